The van der Waals surface area contributed by atoms with Crippen molar-refractivity contribution in [2.75, 3.05) is 29.1 Å². The Balaban J connectivity index is 2.64. The molecular formula is C7H14N4O5S2. The first-order valence-corrected chi connectivity index (χ1v) is 8.66. The Labute approximate surface area is 105 Å². The summed E-state index contributed by atoms with van der Waals surface area (Å²) in [4.78, 5) is 3.70. The molecule has 11 heteroatoms. The molecule has 0 atom stereocenters. The van der Waals surface area contributed by atoms with Gasteiger partial charge in [0.1, 0.15) is 9.84 Å². The van der Waals surface area contributed by atoms with Crippen molar-refractivity contribution < 1.29 is 21.6 Å². The van der Waals surface area contributed by atoms with Crippen LogP contribution < -0.4 is 9.46 Å². The second-order valence-corrected chi connectivity index (χ2v) is 7.55. The normalized spacial score (nSPS) is 12.3. The van der Waals surface area contributed by atoms with E-state index in [2.05, 4.69) is 19.9 Å². The highest BCUT2D eigenvalue weighted by Crippen LogP contribution is 2.07. The lowest BCUT2D eigenvalue weighted by atomic mass is 10.9. The number of H-pyrrole nitrogens is 1. The minimum Gasteiger partial charge on any atom is -0.463 e. The van der Waals surface area contributed by atoms with Gasteiger partial charge in [0.25, 0.3) is 0 Å². The molecule has 0 aliphatic rings. The molecule has 0 aliphatic carbocycles. The average Bonchev–Trinajstić information content (AvgIpc) is 2.62. The van der Waals surface area contributed by atoms with Crippen molar-refractivity contribution in [3.05, 3.63) is 0 Å². The fourth-order valence-electron chi connectivity index (χ4n) is 0.945. The predicted octanol–water partition coefficient (Wildman–Crippen LogP) is -1.01. The zero-order valence-electron chi connectivity index (χ0n) is 9.87. The van der Waals surface area contributed by atoms with Crippen LogP contribution in [0.4, 0.5) is 5.95 Å². The Morgan fingerprint density at radius 2 is 1.94 bits per heavy atom. The Morgan fingerprint density at radius 3 is 2.50 bits per heavy atom. The van der Waals surface area contributed by atoms with Crippen molar-refractivity contribution in [3.8, 4) is 6.01 Å². The second kappa shape index (κ2) is 5.52. The van der Waals surface area contributed by atoms with Crippen LogP contribution >= 0.6 is 0 Å². The smallest absolute Gasteiger partial charge is 0.337 e. The molecule has 104 valence electrons. The van der Waals surface area contributed by atoms with Crippen LogP contribution in [0.25, 0.3) is 0 Å². The van der Waals surface area contributed by atoms with Crippen LogP contribution in [-0.4, -0.2) is 56.4 Å². The monoisotopic (exact) mass is 298 g/mol. The summed E-state index contributed by atoms with van der Waals surface area (Å²) in [6.07, 6.45) is 0.962. The zero-order chi connectivity index (χ0) is 13.8. The Bertz CT molecular complexity index is 591. The van der Waals surface area contributed by atoms with Crippen LogP contribution in [0.3, 0.4) is 0 Å². The van der Waals surface area contributed by atoms with E-state index in [1.165, 1.54) is 0 Å². The van der Waals surface area contributed by atoms with Gasteiger partial charge in [-0.2, -0.15) is 4.98 Å². The van der Waals surface area contributed by atoms with Gasteiger partial charge in [0.05, 0.1) is 18.1 Å². The molecule has 0 fully saturated rings. The fraction of sp³-hybridized carbons (Fsp3) is 0.714. The van der Waals surface area contributed by atoms with Gasteiger partial charge < -0.3 is 4.74 Å². The number of aromatic amines is 1. The molecule has 1 aromatic rings. The van der Waals surface area contributed by atoms with E-state index in [1.807, 2.05) is 0 Å². The first-order valence-electron chi connectivity index (χ1n) is 4.95. The summed E-state index contributed by atoms with van der Waals surface area (Å²) in [6, 6.07) is 0.0123. The van der Waals surface area contributed by atoms with Gasteiger partial charge in [0.2, 0.25) is 16.0 Å². The number of hydrogen-bond donors (Lipinski definition) is 2. The molecule has 0 saturated carbocycles. The SMILES string of the molecule is CCOc1n[nH]c(NS(=O)(=O)CCS(C)(=O)=O)n1. The molecule has 0 spiro atoms. The molecule has 9 nitrogen and oxygen atoms in total. The molecule has 0 aliphatic heterocycles. The van der Waals surface area contributed by atoms with E-state index in [0.717, 1.165) is 6.26 Å². The molecule has 0 radical (unpaired) electrons. The van der Waals surface area contributed by atoms with Crippen LogP contribution in [0.15, 0.2) is 0 Å². The Hall–Kier alpha value is -1.36. The van der Waals surface area contributed by atoms with Crippen molar-refractivity contribution >= 4 is 25.8 Å². The van der Waals surface area contributed by atoms with Crippen LogP contribution in [0.5, 0.6) is 6.01 Å². The van der Waals surface area contributed by atoms with Crippen LogP contribution in [0, 0.1) is 0 Å². The lowest BCUT2D eigenvalue weighted by Gasteiger charge is -2.03. The van der Waals surface area contributed by atoms with Gasteiger partial charge >= 0.3 is 6.01 Å². The highest BCUT2D eigenvalue weighted by Gasteiger charge is 2.16. The maximum atomic E-state index is 11.5. The number of nitrogens with one attached hydrogen (secondary N) is 2. The molecule has 0 bridgehead atoms. The van der Waals surface area contributed by atoms with Crippen molar-refractivity contribution in [3.63, 3.8) is 0 Å². The maximum absolute atomic E-state index is 11.5. The lowest BCUT2D eigenvalue weighted by molar-refractivity contribution is 0.314. The molecule has 0 unspecified atom stereocenters. The van der Waals surface area contributed by atoms with Crippen molar-refractivity contribution in [2.24, 2.45) is 0 Å². The lowest BCUT2D eigenvalue weighted by Crippen LogP contribution is -2.23. The van der Waals surface area contributed by atoms with Crippen molar-refractivity contribution in [2.45, 2.75) is 6.92 Å². The summed E-state index contributed by atoms with van der Waals surface area (Å²) in [5.41, 5.74) is 0. The highest BCUT2D eigenvalue weighted by molar-refractivity contribution is 7.95. The fourth-order valence-corrected chi connectivity index (χ4v) is 3.52. The molecule has 0 aromatic carbocycles. The topological polar surface area (TPSA) is 131 Å². The summed E-state index contributed by atoms with van der Waals surface area (Å²) in [7, 11) is -7.13. The molecule has 18 heavy (non-hydrogen) atoms. The molecule has 1 rings (SSSR count). The van der Waals surface area contributed by atoms with Crippen molar-refractivity contribution in [1.29, 1.82) is 0 Å². The number of anilines is 1. The summed E-state index contributed by atoms with van der Waals surface area (Å²) < 4.78 is 51.8. The van der Waals surface area contributed by atoms with Gasteiger partial charge in [-0.1, -0.05) is 0 Å². The summed E-state index contributed by atoms with van der Waals surface area (Å²) >= 11 is 0. The molecule has 1 aromatic heterocycles. The minimum atomic E-state index is -3.79. The Kier molecular flexibility index (Phi) is 4.51. The first-order chi connectivity index (χ1) is 8.22. The van der Waals surface area contributed by atoms with Gasteiger partial charge in [-0.15, -0.1) is 5.10 Å². The molecule has 0 amide bonds. The van der Waals surface area contributed by atoms with E-state index in [0.29, 0.717) is 6.61 Å². The maximum Gasteiger partial charge on any atom is 0.337 e. The Morgan fingerprint density at radius 1 is 1.28 bits per heavy atom. The van der Waals surface area contributed by atoms with E-state index in [4.69, 9.17) is 4.74 Å². The number of hydrogen-bond acceptors (Lipinski definition) is 7. The average molecular weight is 298 g/mol. The van der Waals surface area contributed by atoms with Gasteiger partial charge in [-0.3, -0.25) is 4.72 Å². The van der Waals surface area contributed by atoms with Crippen LogP contribution in [-0.2, 0) is 19.9 Å². The summed E-state index contributed by atoms with van der Waals surface area (Å²) in [6.45, 7) is 2.07. The van der Waals surface area contributed by atoms with Gasteiger partial charge in [-0.05, 0) is 6.92 Å². The molecule has 0 saturated heterocycles. The first kappa shape index (κ1) is 14.7. The van der Waals surface area contributed by atoms with Crippen LogP contribution in [0.1, 0.15) is 6.92 Å². The molecule has 2 N–H and O–H groups in total. The quantitative estimate of drug-likeness (QED) is 0.659. The van der Waals surface area contributed by atoms with Crippen LogP contribution in [0.2, 0.25) is 0 Å². The number of sulfonamides is 1. The third-order valence-electron chi connectivity index (χ3n) is 1.71. The standard InChI is InChI=1S/C7H14N4O5S2/c1-3-16-7-8-6(9-10-7)11-18(14,15)5-4-17(2,12)13/h3-5H2,1-2H3,(H2,8,9,10,11). The zero-order valence-corrected chi connectivity index (χ0v) is 11.5. The number of nitrogens with zero attached hydrogens (tertiary/aromatic N) is 2. The van der Waals surface area contributed by atoms with Gasteiger partial charge in [0, 0.05) is 6.26 Å². The third kappa shape index (κ3) is 5.31. The summed E-state index contributed by atoms with van der Waals surface area (Å²) in [5.74, 6) is -1.13. The van der Waals surface area contributed by atoms with E-state index in [1.54, 1.807) is 6.92 Å². The predicted molar refractivity (Wildman–Crippen MR) is 64.7 cm³/mol. The van der Waals surface area contributed by atoms with E-state index >= 15 is 0 Å². The number of sulfone groups is 1. The number of ether oxygens (including phenoxy) is 1. The van der Waals surface area contributed by atoms with Crippen molar-refractivity contribution in [1.82, 2.24) is 15.2 Å². The summed E-state index contributed by atoms with van der Waals surface area (Å²) in [5, 5.41) is 5.91. The van der Waals surface area contributed by atoms with Gasteiger partial charge in [-0.25, -0.2) is 21.9 Å². The van der Waals surface area contributed by atoms with E-state index < -0.39 is 31.4 Å². The van der Waals surface area contributed by atoms with E-state index in [-0.39, 0.29) is 12.0 Å². The minimum absolute atomic E-state index is 0.0123. The molecular weight excluding hydrogens is 284 g/mol. The highest BCUT2D eigenvalue weighted by atomic mass is 32.2. The van der Waals surface area contributed by atoms with Gasteiger partial charge in [0.15, 0.2) is 0 Å². The molecule has 1 heterocycles. The second-order valence-electron chi connectivity index (χ2n) is 3.45. The number of rotatable bonds is 7. The largest absolute Gasteiger partial charge is 0.463 e. The van der Waals surface area contributed by atoms with E-state index in [9.17, 15) is 16.8 Å². The third-order valence-corrected chi connectivity index (χ3v) is 4.16. The number of aromatic nitrogens is 3.